The Balaban J connectivity index is 1.84. The molecule has 0 unspecified atom stereocenters. The number of hydrogen-bond donors (Lipinski definition) is 1. The Morgan fingerprint density at radius 3 is 2.65 bits per heavy atom. The molecule has 0 radical (unpaired) electrons. The molecule has 6 heteroatoms. The number of nitrogens with one attached hydrogen (secondary N) is 1. The van der Waals surface area contributed by atoms with Gasteiger partial charge in [-0.05, 0) is 50.5 Å². The number of benzene rings is 1. The third kappa shape index (κ3) is 4.07. The molecule has 2 aromatic rings. The molecule has 26 heavy (non-hydrogen) atoms. The van der Waals surface area contributed by atoms with Crippen molar-refractivity contribution < 1.29 is 9.53 Å². The molecular weight excluding hydrogens is 330 g/mol. The molecule has 1 aromatic heterocycles. The van der Waals surface area contributed by atoms with Crippen LogP contribution in [0, 0.1) is 0 Å². The topological polar surface area (TPSA) is 63.6 Å². The largest absolute Gasteiger partial charge is 0.444 e. The van der Waals surface area contributed by atoms with E-state index in [1.54, 1.807) is 24.2 Å². The molecule has 0 saturated heterocycles. The van der Waals surface area contributed by atoms with Gasteiger partial charge < -0.3 is 19.5 Å². The molecule has 1 N–H and O–H groups in total. The van der Waals surface area contributed by atoms with E-state index < -0.39 is 5.60 Å². The summed E-state index contributed by atoms with van der Waals surface area (Å²) in [6, 6.07) is 9.38. The summed E-state index contributed by atoms with van der Waals surface area (Å²) in [5, 5.41) is 3.37. The first-order chi connectivity index (χ1) is 12.2. The van der Waals surface area contributed by atoms with E-state index in [1.165, 1.54) is 16.2 Å². The minimum Gasteiger partial charge on any atom is -0.444 e. The normalized spacial score (nSPS) is 13.9. The average molecular weight is 355 g/mol. The summed E-state index contributed by atoms with van der Waals surface area (Å²) in [7, 11) is 1.72. The Kier molecular flexibility index (Phi) is 4.76. The number of carbonyl (C=O) groups is 1. The number of aryl methyl sites for hydroxylation is 1. The van der Waals surface area contributed by atoms with Gasteiger partial charge in [-0.15, -0.1) is 0 Å². The second kappa shape index (κ2) is 6.86. The van der Waals surface area contributed by atoms with Crippen LogP contribution in [0.25, 0.3) is 0 Å². The Hall–Kier alpha value is -2.76. The van der Waals surface area contributed by atoms with Gasteiger partial charge in [0.15, 0.2) is 0 Å². The molecule has 2 heterocycles. The first-order valence-electron chi connectivity index (χ1n) is 8.75. The maximum atomic E-state index is 12.4. The highest BCUT2D eigenvalue weighted by Gasteiger charge is 2.26. The number of aromatic nitrogens is 1. The van der Waals surface area contributed by atoms with Crippen LogP contribution in [0.1, 0.15) is 31.9 Å². The van der Waals surface area contributed by atoms with Gasteiger partial charge in [0.1, 0.15) is 5.60 Å². The van der Waals surface area contributed by atoms with E-state index in [1.807, 2.05) is 32.9 Å². The van der Waals surface area contributed by atoms with Crippen molar-refractivity contribution in [2.75, 3.05) is 11.9 Å². The van der Waals surface area contributed by atoms with Gasteiger partial charge in [0.2, 0.25) is 5.56 Å². The van der Waals surface area contributed by atoms with Crippen molar-refractivity contribution in [2.24, 2.45) is 7.05 Å². The number of nitrogens with zero attached hydrogens (tertiary/aromatic N) is 2. The molecule has 3 rings (SSSR count). The van der Waals surface area contributed by atoms with Crippen LogP contribution in [0.2, 0.25) is 0 Å². The van der Waals surface area contributed by atoms with Gasteiger partial charge in [0.25, 0.3) is 0 Å². The summed E-state index contributed by atoms with van der Waals surface area (Å²) in [4.78, 5) is 25.7. The van der Waals surface area contributed by atoms with Crippen molar-refractivity contribution in [3.05, 3.63) is 58.0 Å². The lowest BCUT2D eigenvalue weighted by Gasteiger charge is -2.32. The van der Waals surface area contributed by atoms with Crippen LogP contribution >= 0.6 is 0 Å². The monoisotopic (exact) mass is 355 g/mol. The molecule has 1 aliphatic heterocycles. The Morgan fingerprint density at radius 2 is 1.96 bits per heavy atom. The Morgan fingerprint density at radius 1 is 1.19 bits per heavy atom. The van der Waals surface area contributed by atoms with Crippen LogP contribution in [-0.4, -0.2) is 27.7 Å². The van der Waals surface area contributed by atoms with E-state index in [4.69, 9.17) is 4.74 Å². The number of anilines is 2. The maximum absolute atomic E-state index is 12.4. The van der Waals surface area contributed by atoms with E-state index in [9.17, 15) is 9.59 Å². The Bertz CT molecular complexity index is 881. The van der Waals surface area contributed by atoms with E-state index in [2.05, 4.69) is 11.4 Å². The van der Waals surface area contributed by atoms with Gasteiger partial charge in [-0.1, -0.05) is 12.1 Å². The fourth-order valence-electron chi connectivity index (χ4n) is 3.00. The highest BCUT2D eigenvalue weighted by atomic mass is 16.6. The highest BCUT2D eigenvalue weighted by molar-refractivity contribution is 5.71. The van der Waals surface area contributed by atoms with Gasteiger partial charge in [-0.25, -0.2) is 4.79 Å². The third-order valence-corrected chi connectivity index (χ3v) is 4.29. The summed E-state index contributed by atoms with van der Waals surface area (Å²) in [5.74, 6) is 0. The highest BCUT2D eigenvalue weighted by Crippen LogP contribution is 2.29. The molecule has 6 nitrogen and oxygen atoms in total. The van der Waals surface area contributed by atoms with Gasteiger partial charge in [0, 0.05) is 31.5 Å². The maximum Gasteiger partial charge on any atom is 0.410 e. The van der Waals surface area contributed by atoms with Crippen molar-refractivity contribution in [3.8, 4) is 0 Å². The third-order valence-electron chi connectivity index (χ3n) is 4.29. The quantitative estimate of drug-likeness (QED) is 0.896. The SMILES string of the molecule is Cn1cc(Nc2cccc3c2CN(C(=O)OC(C)(C)C)CC3)ccc1=O. The fourth-order valence-corrected chi connectivity index (χ4v) is 3.00. The van der Waals surface area contributed by atoms with Crippen LogP contribution in [0.5, 0.6) is 0 Å². The van der Waals surface area contributed by atoms with Crippen LogP contribution < -0.4 is 10.9 Å². The van der Waals surface area contributed by atoms with Crippen LogP contribution in [0.3, 0.4) is 0 Å². The first kappa shape index (κ1) is 18.0. The summed E-state index contributed by atoms with van der Waals surface area (Å²) < 4.78 is 7.04. The number of rotatable bonds is 2. The van der Waals surface area contributed by atoms with Crippen LogP contribution in [0.4, 0.5) is 16.2 Å². The summed E-state index contributed by atoms with van der Waals surface area (Å²) in [5.41, 5.74) is 3.51. The minimum atomic E-state index is -0.510. The number of amides is 1. The molecular formula is C20H25N3O3. The zero-order valence-electron chi connectivity index (χ0n) is 15.7. The van der Waals surface area contributed by atoms with Gasteiger partial charge in [-0.2, -0.15) is 0 Å². The smallest absolute Gasteiger partial charge is 0.410 e. The van der Waals surface area contributed by atoms with Gasteiger partial charge in [0.05, 0.1) is 12.2 Å². The van der Waals surface area contributed by atoms with Crippen molar-refractivity contribution >= 4 is 17.5 Å². The molecule has 0 aliphatic carbocycles. The predicted octanol–water partition coefficient (Wildman–Crippen LogP) is 3.42. The number of ether oxygens (including phenoxy) is 1. The van der Waals surface area contributed by atoms with Crippen molar-refractivity contribution in [3.63, 3.8) is 0 Å². The van der Waals surface area contributed by atoms with E-state index in [0.717, 1.165) is 23.4 Å². The summed E-state index contributed by atoms with van der Waals surface area (Å²) >= 11 is 0. The Labute approximate surface area is 153 Å². The standard InChI is InChI=1S/C20H25N3O3/c1-20(2,3)26-19(25)23-11-10-14-6-5-7-17(16(14)13-23)21-15-8-9-18(24)22(4)12-15/h5-9,12,21H,10-11,13H2,1-4H3. The lowest BCUT2D eigenvalue weighted by Crippen LogP contribution is -2.40. The van der Waals surface area contributed by atoms with Crippen molar-refractivity contribution in [2.45, 2.75) is 39.3 Å². The minimum absolute atomic E-state index is 0.0539. The van der Waals surface area contributed by atoms with E-state index in [-0.39, 0.29) is 11.7 Å². The summed E-state index contributed by atoms with van der Waals surface area (Å²) in [6.07, 6.45) is 2.26. The molecule has 0 bridgehead atoms. The molecule has 0 fully saturated rings. The zero-order chi connectivity index (χ0) is 18.9. The number of hydrogen-bond acceptors (Lipinski definition) is 4. The number of pyridine rings is 1. The second-order valence-corrected chi connectivity index (χ2v) is 7.59. The lowest BCUT2D eigenvalue weighted by molar-refractivity contribution is 0.0224. The molecule has 1 aromatic carbocycles. The molecule has 0 atom stereocenters. The number of carbonyl (C=O) groups excluding carboxylic acids is 1. The molecule has 1 aliphatic rings. The van der Waals surface area contributed by atoms with E-state index in [0.29, 0.717) is 13.1 Å². The first-order valence-corrected chi connectivity index (χ1v) is 8.75. The van der Waals surface area contributed by atoms with Crippen molar-refractivity contribution in [1.82, 2.24) is 9.47 Å². The predicted molar refractivity (Wildman–Crippen MR) is 102 cm³/mol. The van der Waals surface area contributed by atoms with Crippen LogP contribution in [-0.2, 0) is 24.8 Å². The lowest BCUT2D eigenvalue weighted by atomic mass is 9.98. The average Bonchev–Trinajstić information content (AvgIpc) is 2.56. The second-order valence-electron chi connectivity index (χ2n) is 7.59. The number of fused-ring (bicyclic) bond motifs is 1. The van der Waals surface area contributed by atoms with E-state index >= 15 is 0 Å². The summed E-state index contributed by atoms with van der Waals surface area (Å²) in [6.45, 7) is 6.75. The fraction of sp³-hybridized carbons (Fsp3) is 0.400. The molecule has 1 amide bonds. The van der Waals surface area contributed by atoms with Gasteiger partial charge >= 0.3 is 6.09 Å². The zero-order valence-corrected chi connectivity index (χ0v) is 15.7. The van der Waals surface area contributed by atoms with Crippen LogP contribution in [0.15, 0.2) is 41.3 Å². The molecule has 138 valence electrons. The van der Waals surface area contributed by atoms with Crippen molar-refractivity contribution in [1.29, 1.82) is 0 Å². The molecule has 0 spiro atoms. The van der Waals surface area contributed by atoms with Gasteiger partial charge in [-0.3, -0.25) is 4.79 Å². The molecule has 0 saturated carbocycles.